The van der Waals surface area contributed by atoms with Crippen LogP contribution in [-0.4, -0.2) is 64.5 Å². The van der Waals surface area contributed by atoms with E-state index >= 15 is 0 Å². The minimum atomic E-state index is -1.19. The maximum absolute atomic E-state index is 12.7. The molecule has 0 saturated carbocycles. The number of benzene rings is 1. The van der Waals surface area contributed by atoms with Crippen molar-refractivity contribution in [2.45, 2.75) is 63.7 Å². The number of para-hydroxylation sites is 1. The summed E-state index contributed by atoms with van der Waals surface area (Å²) in [5.74, 6) is -2.89. The molecule has 0 fully saturated rings. The van der Waals surface area contributed by atoms with Gasteiger partial charge in [-0.15, -0.1) is 0 Å². The van der Waals surface area contributed by atoms with Gasteiger partial charge in [0, 0.05) is 17.1 Å². The topological polar surface area (TPSA) is 192 Å². The predicted octanol–water partition coefficient (Wildman–Crippen LogP) is -0.254. The number of H-pyrrole nitrogens is 1. The number of aromatic amines is 1. The number of carbonyl (C=O) groups is 4. The van der Waals surface area contributed by atoms with Gasteiger partial charge in [-0.05, 0) is 57.7 Å². The van der Waals surface area contributed by atoms with Crippen LogP contribution in [0, 0.1) is 0 Å². The Hall–Kier alpha value is -3.44. The summed E-state index contributed by atoms with van der Waals surface area (Å²) in [6, 6.07) is 3.76. The number of rotatable bonds is 13. The van der Waals surface area contributed by atoms with Gasteiger partial charge < -0.3 is 37.5 Å². The molecule has 0 radical (unpaired) electrons. The molecule has 1 aromatic carbocycles. The Balaban J connectivity index is 1.95. The second-order valence-corrected chi connectivity index (χ2v) is 8.31. The van der Waals surface area contributed by atoms with E-state index in [1.807, 2.05) is 24.3 Å². The number of aliphatic carboxylic acids is 1. The first-order chi connectivity index (χ1) is 16.1. The van der Waals surface area contributed by atoms with E-state index in [0.717, 1.165) is 16.5 Å². The fourth-order valence-corrected chi connectivity index (χ4v) is 3.45. The van der Waals surface area contributed by atoms with Crippen molar-refractivity contribution in [3.8, 4) is 0 Å². The molecule has 3 amide bonds. The normalized spacial score (nSPS) is 14.6. The molecular weight excluding hydrogens is 440 g/mol. The van der Waals surface area contributed by atoms with Crippen LogP contribution in [0.3, 0.4) is 0 Å². The van der Waals surface area contributed by atoms with Crippen LogP contribution in [-0.2, 0) is 25.6 Å². The van der Waals surface area contributed by atoms with Crippen molar-refractivity contribution >= 4 is 34.6 Å². The predicted molar refractivity (Wildman–Crippen MR) is 128 cm³/mol. The molecule has 4 atom stereocenters. The molecule has 2 aromatic rings. The number of aromatic nitrogens is 1. The van der Waals surface area contributed by atoms with E-state index in [9.17, 15) is 19.2 Å². The Morgan fingerprint density at radius 3 is 2.32 bits per heavy atom. The molecule has 0 bridgehead atoms. The molecular formula is C23H34N6O5. The van der Waals surface area contributed by atoms with Crippen LogP contribution in [0.4, 0.5) is 0 Å². The molecule has 1 heterocycles. The number of hydrogen-bond donors (Lipinski definition) is 7. The number of unbranched alkanes of at least 4 members (excludes halogenated alkanes) is 1. The minimum absolute atomic E-state index is 0.279. The molecule has 0 aliphatic carbocycles. The van der Waals surface area contributed by atoms with Crippen LogP contribution < -0.4 is 27.4 Å². The lowest BCUT2D eigenvalue weighted by Crippen LogP contribution is -2.56. The molecule has 0 spiro atoms. The van der Waals surface area contributed by atoms with Gasteiger partial charge in [-0.1, -0.05) is 18.2 Å². The van der Waals surface area contributed by atoms with Crippen molar-refractivity contribution in [1.29, 1.82) is 0 Å². The number of carboxylic acid groups (broad SMARTS) is 1. The Labute approximate surface area is 198 Å². The van der Waals surface area contributed by atoms with Crippen LogP contribution in [0.1, 0.15) is 38.7 Å². The summed E-state index contributed by atoms with van der Waals surface area (Å²) in [6.45, 7) is 3.24. The maximum Gasteiger partial charge on any atom is 0.325 e. The fourth-order valence-electron chi connectivity index (χ4n) is 3.45. The number of nitrogens with one attached hydrogen (secondary N) is 4. The van der Waals surface area contributed by atoms with Gasteiger partial charge in [0.1, 0.15) is 18.1 Å². The lowest BCUT2D eigenvalue weighted by molar-refractivity contribution is -0.141. The van der Waals surface area contributed by atoms with Gasteiger partial charge in [-0.2, -0.15) is 0 Å². The molecule has 11 heteroatoms. The van der Waals surface area contributed by atoms with E-state index in [2.05, 4.69) is 20.9 Å². The first kappa shape index (κ1) is 26.8. The first-order valence-corrected chi connectivity index (χ1v) is 11.3. The van der Waals surface area contributed by atoms with E-state index in [0.29, 0.717) is 19.4 Å². The highest BCUT2D eigenvalue weighted by Crippen LogP contribution is 2.18. The Bertz CT molecular complexity index is 1010. The summed E-state index contributed by atoms with van der Waals surface area (Å²) in [5, 5.41) is 17.5. The summed E-state index contributed by atoms with van der Waals surface area (Å²) in [5.41, 5.74) is 13.4. The third-order valence-electron chi connectivity index (χ3n) is 5.51. The zero-order valence-electron chi connectivity index (χ0n) is 19.5. The largest absolute Gasteiger partial charge is 0.480 e. The van der Waals surface area contributed by atoms with E-state index in [4.69, 9.17) is 16.6 Å². The Morgan fingerprint density at radius 1 is 0.971 bits per heavy atom. The highest BCUT2D eigenvalue weighted by atomic mass is 16.4. The van der Waals surface area contributed by atoms with Gasteiger partial charge >= 0.3 is 5.97 Å². The van der Waals surface area contributed by atoms with E-state index < -0.39 is 47.9 Å². The van der Waals surface area contributed by atoms with Crippen molar-refractivity contribution in [1.82, 2.24) is 20.9 Å². The van der Waals surface area contributed by atoms with E-state index in [1.165, 1.54) is 13.8 Å². The highest BCUT2D eigenvalue weighted by Gasteiger charge is 2.27. The SMILES string of the molecule is CC(NC(=O)C(CCCCN)NC(=O)C(C)NC(=O)C(N)Cc1c[nH]c2ccccc12)C(=O)O. The lowest BCUT2D eigenvalue weighted by atomic mass is 10.0. The molecule has 1 aromatic heterocycles. The second-order valence-electron chi connectivity index (χ2n) is 8.31. The van der Waals surface area contributed by atoms with Crippen molar-refractivity contribution in [3.05, 3.63) is 36.0 Å². The van der Waals surface area contributed by atoms with Crippen molar-refractivity contribution < 1.29 is 24.3 Å². The van der Waals surface area contributed by atoms with Crippen LogP contribution in [0.15, 0.2) is 30.5 Å². The Kier molecular flexibility index (Phi) is 10.0. The third kappa shape index (κ3) is 7.56. The van der Waals surface area contributed by atoms with Crippen molar-refractivity contribution in [3.63, 3.8) is 0 Å². The molecule has 0 saturated heterocycles. The second kappa shape index (κ2) is 12.7. The number of amides is 3. The van der Waals surface area contributed by atoms with Crippen LogP contribution >= 0.6 is 0 Å². The Morgan fingerprint density at radius 2 is 1.65 bits per heavy atom. The van der Waals surface area contributed by atoms with Gasteiger partial charge in [0.25, 0.3) is 0 Å². The number of carbonyl (C=O) groups excluding carboxylic acids is 3. The van der Waals surface area contributed by atoms with Gasteiger partial charge in [-0.3, -0.25) is 19.2 Å². The molecule has 2 rings (SSSR count). The summed E-state index contributed by atoms with van der Waals surface area (Å²) in [4.78, 5) is 51.9. The first-order valence-electron chi connectivity index (χ1n) is 11.3. The highest BCUT2D eigenvalue weighted by molar-refractivity contribution is 5.94. The van der Waals surface area contributed by atoms with Crippen LogP contribution in [0.5, 0.6) is 0 Å². The summed E-state index contributed by atoms with van der Waals surface area (Å²) >= 11 is 0. The smallest absolute Gasteiger partial charge is 0.325 e. The lowest BCUT2D eigenvalue weighted by Gasteiger charge is -2.23. The summed E-state index contributed by atoms with van der Waals surface area (Å²) < 4.78 is 0. The zero-order valence-corrected chi connectivity index (χ0v) is 19.5. The summed E-state index contributed by atoms with van der Waals surface area (Å²) in [7, 11) is 0. The zero-order chi connectivity index (χ0) is 25.3. The van der Waals surface area contributed by atoms with Crippen molar-refractivity contribution in [2.24, 2.45) is 11.5 Å². The number of hydrogen-bond acceptors (Lipinski definition) is 6. The molecule has 0 aliphatic rings. The van der Waals surface area contributed by atoms with Gasteiger partial charge in [0.05, 0.1) is 6.04 Å². The number of nitrogens with two attached hydrogens (primary N) is 2. The number of fused-ring (bicyclic) bond motifs is 1. The van der Waals surface area contributed by atoms with E-state index in [1.54, 1.807) is 6.20 Å². The number of carboxylic acids is 1. The minimum Gasteiger partial charge on any atom is -0.480 e. The maximum atomic E-state index is 12.7. The summed E-state index contributed by atoms with van der Waals surface area (Å²) in [6.07, 6.45) is 3.57. The standard InChI is InChI=1S/C23H34N6O5/c1-13(20(30)29-19(9-5-6-10-24)22(32)28-14(2)23(33)34)27-21(31)17(25)11-15-12-26-18-8-4-3-7-16(15)18/h3-4,7-8,12-14,17,19,26H,5-6,9-11,24-25H2,1-2H3,(H,27,31)(H,28,32)(H,29,30)(H,33,34). The van der Waals surface area contributed by atoms with Crippen LogP contribution in [0.25, 0.3) is 10.9 Å². The monoisotopic (exact) mass is 474 g/mol. The average Bonchev–Trinajstić information content (AvgIpc) is 3.20. The van der Waals surface area contributed by atoms with Crippen LogP contribution in [0.2, 0.25) is 0 Å². The van der Waals surface area contributed by atoms with E-state index in [-0.39, 0.29) is 12.8 Å². The molecule has 11 nitrogen and oxygen atoms in total. The van der Waals surface area contributed by atoms with Gasteiger partial charge in [0.15, 0.2) is 0 Å². The van der Waals surface area contributed by atoms with Gasteiger partial charge in [0.2, 0.25) is 17.7 Å². The molecule has 4 unspecified atom stereocenters. The molecule has 0 aliphatic heterocycles. The molecule has 34 heavy (non-hydrogen) atoms. The molecule has 9 N–H and O–H groups in total. The molecule has 186 valence electrons. The van der Waals surface area contributed by atoms with Crippen molar-refractivity contribution in [2.75, 3.05) is 6.54 Å². The van der Waals surface area contributed by atoms with Gasteiger partial charge in [-0.25, -0.2) is 0 Å². The fraction of sp³-hybridized carbons (Fsp3) is 0.478. The third-order valence-corrected chi connectivity index (χ3v) is 5.51. The average molecular weight is 475 g/mol. The quantitative estimate of drug-likeness (QED) is 0.194.